The van der Waals surface area contributed by atoms with E-state index >= 15 is 0 Å². The first kappa shape index (κ1) is 18.4. The molecule has 1 aromatic heterocycles. The predicted octanol–water partition coefficient (Wildman–Crippen LogP) is 3.36. The molecule has 29 heavy (non-hydrogen) atoms. The Bertz CT molecular complexity index is 983. The average Bonchev–Trinajstić information content (AvgIpc) is 3.40. The van der Waals surface area contributed by atoms with Crippen molar-refractivity contribution in [3.05, 3.63) is 54.7 Å². The smallest absolute Gasteiger partial charge is 0.324 e. The third kappa shape index (κ3) is 3.68. The second-order valence-corrected chi connectivity index (χ2v) is 8.41. The van der Waals surface area contributed by atoms with Crippen molar-refractivity contribution < 1.29 is 4.79 Å². The number of carbonyl (C=O) groups is 1. The fraction of sp³-hybridized carbons (Fsp3) is 0.364. The second-order valence-electron chi connectivity index (χ2n) is 7.61. The summed E-state index contributed by atoms with van der Waals surface area (Å²) in [5.41, 5.74) is 2.30. The Morgan fingerprint density at radius 2 is 1.69 bits per heavy atom. The Kier molecular flexibility index (Phi) is 5.08. The number of fused-ring (bicyclic) bond motifs is 1. The zero-order valence-corrected chi connectivity index (χ0v) is 17.2. The molecule has 150 valence electrons. The molecule has 5 rings (SSSR count). The average molecular weight is 408 g/mol. The van der Waals surface area contributed by atoms with E-state index in [0.29, 0.717) is 0 Å². The summed E-state index contributed by atoms with van der Waals surface area (Å²) in [6, 6.07) is 16.5. The van der Waals surface area contributed by atoms with E-state index in [1.807, 2.05) is 46.3 Å². The van der Waals surface area contributed by atoms with Gasteiger partial charge in [-0.25, -0.2) is 4.79 Å². The molecule has 2 aliphatic rings. The van der Waals surface area contributed by atoms with Gasteiger partial charge >= 0.3 is 6.03 Å². The van der Waals surface area contributed by atoms with Gasteiger partial charge in [-0.15, -0.1) is 0 Å². The summed E-state index contributed by atoms with van der Waals surface area (Å²) in [5, 5.41) is 1.23. The maximum atomic E-state index is 12.7. The van der Waals surface area contributed by atoms with Gasteiger partial charge in [0.05, 0.1) is 10.4 Å². The highest BCUT2D eigenvalue weighted by Crippen LogP contribution is 2.30. The van der Waals surface area contributed by atoms with E-state index < -0.39 is 0 Å². The van der Waals surface area contributed by atoms with Gasteiger partial charge in [-0.05, 0) is 29.7 Å². The number of urea groups is 1. The zero-order chi connectivity index (χ0) is 19.6. The van der Waals surface area contributed by atoms with E-state index in [-0.39, 0.29) is 6.03 Å². The van der Waals surface area contributed by atoms with Crippen LogP contribution in [0.15, 0.2) is 54.7 Å². The Labute approximate surface area is 175 Å². The quantitative estimate of drug-likeness (QED) is 0.651. The highest BCUT2D eigenvalue weighted by atomic mass is 32.1. The molecule has 2 saturated heterocycles. The number of hydrogen-bond donors (Lipinski definition) is 0. The van der Waals surface area contributed by atoms with Crippen molar-refractivity contribution in [3.63, 3.8) is 0 Å². The summed E-state index contributed by atoms with van der Waals surface area (Å²) in [6.07, 6.45) is 1.95. The van der Waals surface area contributed by atoms with Gasteiger partial charge in [-0.1, -0.05) is 30.3 Å². The Balaban J connectivity index is 1.14. The minimum absolute atomic E-state index is 0.131. The molecule has 3 aromatic rings. The lowest BCUT2D eigenvalue weighted by Gasteiger charge is -2.36. The Morgan fingerprint density at radius 1 is 0.862 bits per heavy atom. The molecular formula is C22H25N5OS. The summed E-state index contributed by atoms with van der Waals surface area (Å²) < 4.78 is 5.63. The molecule has 0 aliphatic carbocycles. The van der Waals surface area contributed by atoms with Crippen LogP contribution in [0.3, 0.4) is 0 Å². The Hall–Kier alpha value is -2.64. The van der Waals surface area contributed by atoms with Crippen molar-refractivity contribution in [3.8, 4) is 0 Å². The molecule has 0 radical (unpaired) electrons. The molecule has 2 aliphatic heterocycles. The van der Waals surface area contributed by atoms with Crippen molar-refractivity contribution in [1.29, 1.82) is 0 Å². The van der Waals surface area contributed by atoms with Crippen LogP contribution in [0.1, 0.15) is 0 Å². The highest BCUT2D eigenvalue weighted by Gasteiger charge is 2.29. The monoisotopic (exact) mass is 407 g/mol. The zero-order valence-electron chi connectivity index (χ0n) is 16.4. The number of benzene rings is 2. The molecule has 2 amide bonds. The van der Waals surface area contributed by atoms with Crippen molar-refractivity contribution in [1.82, 2.24) is 14.2 Å². The fourth-order valence-corrected chi connectivity index (χ4v) is 5.03. The van der Waals surface area contributed by atoms with Crippen molar-refractivity contribution >= 4 is 39.0 Å². The minimum atomic E-state index is 0.131. The summed E-state index contributed by atoms with van der Waals surface area (Å²) in [7, 11) is 0. The van der Waals surface area contributed by atoms with Crippen LogP contribution in [-0.4, -0.2) is 72.6 Å². The Morgan fingerprint density at radius 3 is 2.52 bits per heavy atom. The first-order valence-corrected chi connectivity index (χ1v) is 11.0. The van der Waals surface area contributed by atoms with E-state index in [0.717, 1.165) is 58.0 Å². The van der Waals surface area contributed by atoms with Crippen LogP contribution in [0.4, 0.5) is 16.2 Å². The third-order valence-corrected chi connectivity index (χ3v) is 6.76. The number of piperazine rings is 1. The lowest BCUT2D eigenvalue weighted by molar-refractivity contribution is 0.199. The molecule has 0 unspecified atom stereocenters. The van der Waals surface area contributed by atoms with Gasteiger partial charge in [0.1, 0.15) is 0 Å². The van der Waals surface area contributed by atoms with E-state index in [2.05, 4.69) is 32.4 Å². The fourth-order valence-electron chi connectivity index (χ4n) is 4.24. The van der Waals surface area contributed by atoms with Crippen LogP contribution in [0, 0.1) is 0 Å². The predicted molar refractivity (Wildman–Crippen MR) is 119 cm³/mol. The highest BCUT2D eigenvalue weighted by molar-refractivity contribution is 7.14. The molecule has 0 saturated carbocycles. The van der Waals surface area contributed by atoms with Gasteiger partial charge in [0, 0.05) is 69.6 Å². The molecule has 0 bridgehead atoms. The molecule has 2 aromatic carbocycles. The maximum Gasteiger partial charge on any atom is 0.324 e. The van der Waals surface area contributed by atoms with Crippen molar-refractivity contribution in [2.75, 3.05) is 62.2 Å². The summed E-state index contributed by atoms with van der Waals surface area (Å²) in [6.45, 7) is 7.40. The molecule has 0 N–H and O–H groups in total. The van der Waals surface area contributed by atoms with Crippen molar-refractivity contribution in [2.24, 2.45) is 0 Å². The van der Waals surface area contributed by atoms with Gasteiger partial charge in [-0.3, -0.25) is 9.80 Å². The number of carbonyl (C=O) groups excluding carboxylic acids is 1. The van der Waals surface area contributed by atoms with Gasteiger partial charge in [0.15, 0.2) is 0 Å². The summed E-state index contributed by atoms with van der Waals surface area (Å²) in [5.74, 6) is 0. The number of aromatic nitrogens is 1. The normalized spacial score (nSPS) is 18.2. The van der Waals surface area contributed by atoms with Gasteiger partial charge < -0.3 is 9.80 Å². The maximum absolute atomic E-state index is 12.7. The first-order chi connectivity index (χ1) is 14.3. The van der Waals surface area contributed by atoms with Gasteiger partial charge in [0.25, 0.3) is 0 Å². The molecule has 0 spiro atoms. The third-order valence-electron chi connectivity index (χ3n) is 5.92. The molecule has 6 nitrogen and oxygen atoms in total. The van der Waals surface area contributed by atoms with E-state index in [9.17, 15) is 4.79 Å². The molecule has 7 heteroatoms. The molecule has 3 heterocycles. The lowest BCUT2D eigenvalue weighted by Crippen LogP contribution is -2.48. The number of rotatable bonds is 5. The first-order valence-electron chi connectivity index (χ1n) is 10.2. The topological polar surface area (TPSA) is 42.9 Å². The van der Waals surface area contributed by atoms with Crippen LogP contribution in [0.25, 0.3) is 10.1 Å². The second kappa shape index (κ2) is 8.00. The standard InChI is InChI=1S/C22H25N5OS/c28-22-26(15-16-27(22)19-6-2-1-3-7-19)14-11-24-9-12-25(13-10-24)20-8-4-5-18-17-23-29-21(18)20/h1-8,17H,9-16H2. The van der Waals surface area contributed by atoms with E-state index in [4.69, 9.17) is 0 Å². The van der Waals surface area contributed by atoms with Crippen LogP contribution < -0.4 is 9.80 Å². The van der Waals surface area contributed by atoms with E-state index in [1.54, 1.807) is 11.5 Å². The number of amides is 2. The summed E-state index contributed by atoms with van der Waals surface area (Å²) >= 11 is 1.58. The molecule has 0 atom stereocenters. The minimum Gasteiger partial charge on any atom is -0.368 e. The van der Waals surface area contributed by atoms with Crippen LogP contribution in [-0.2, 0) is 0 Å². The van der Waals surface area contributed by atoms with Crippen molar-refractivity contribution in [2.45, 2.75) is 0 Å². The van der Waals surface area contributed by atoms with E-state index in [1.165, 1.54) is 15.8 Å². The van der Waals surface area contributed by atoms with Gasteiger partial charge in [-0.2, -0.15) is 4.37 Å². The van der Waals surface area contributed by atoms with Gasteiger partial charge in [0.2, 0.25) is 0 Å². The van der Waals surface area contributed by atoms with Crippen LogP contribution in [0.5, 0.6) is 0 Å². The number of anilines is 2. The number of nitrogens with zero attached hydrogens (tertiary/aromatic N) is 5. The summed E-state index contributed by atoms with van der Waals surface area (Å²) in [4.78, 5) is 21.5. The largest absolute Gasteiger partial charge is 0.368 e. The van der Waals surface area contributed by atoms with Crippen LogP contribution in [0.2, 0.25) is 0 Å². The van der Waals surface area contributed by atoms with Crippen LogP contribution >= 0.6 is 11.5 Å². The number of hydrogen-bond acceptors (Lipinski definition) is 5. The number of para-hydroxylation sites is 1. The lowest BCUT2D eigenvalue weighted by atomic mass is 10.2. The SMILES string of the molecule is O=C1N(CCN2CCN(c3cccc4cnsc34)CC2)CCN1c1ccccc1. The molecule has 2 fully saturated rings. The molecular weight excluding hydrogens is 382 g/mol.